The molecule has 3 rings (SSSR count). The van der Waals surface area contributed by atoms with Crippen molar-refractivity contribution in [3.05, 3.63) is 29.8 Å². The van der Waals surface area contributed by atoms with Crippen molar-refractivity contribution >= 4 is 5.97 Å². The van der Waals surface area contributed by atoms with Gasteiger partial charge in [0.2, 0.25) is 0 Å². The number of benzene rings is 1. The first kappa shape index (κ1) is 13.4. The fourth-order valence-electron chi connectivity index (χ4n) is 2.60. The molecule has 4 nitrogen and oxygen atoms in total. The van der Waals surface area contributed by atoms with E-state index in [1.807, 2.05) is 31.2 Å². The molecule has 1 aliphatic heterocycles. The number of ether oxygens (including phenoxy) is 3. The van der Waals surface area contributed by atoms with Gasteiger partial charge in [0.15, 0.2) is 5.60 Å². The highest BCUT2D eigenvalue weighted by Crippen LogP contribution is 2.53. The molecule has 108 valence electrons. The molecule has 2 unspecified atom stereocenters. The Hall–Kier alpha value is -1.55. The molecule has 1 heterocycles. The van der Waals surface area contributed by atoms with Gasteiger partial charge in [-0.05, 0) is 43.4 Å². The van der Waals surface area contributed by atoms with E-state index in [1.54, 1.807) is 7.11 Å². The molecule has 0 bridgehead atoms. The Kier molecular flexibility index (Phi) is 3.42. The van der Waals surface area contributed by atoms with E-state index in [-0.39, 0.29) is 18.2 Å². The van der Waals surface area contributed by atoms with Gasteiger partial charge in [0, 0.05) is 0 Å². The summed E-state index contributed by atoms with van der Waals surface area (Å²) in [5.41, 5.74) is 0.225. The van der Waals surface area contributed by atoms with Crippen LogP contribution in [0.2, 0.25) is 0 Å². The van der Waals surface area contributed by atoms with Crippen LogP contribution in [-0.2, 0) is 14.3 Å². The molecule has 1 saturated heterocycles. The Morgan fingerprint density at radius 3 is 2.55 bits per heavy atom. The predicted octanol–water partition coefficient (Wildman–Crippen LogP) is 3.01. The zero-order valence-corrected chi connectivity index (χ0v) is 11.9. The molecular formula is C16H20O4. The van der Waals surface area contributed by atoms with Crippen molar-refractivity contribution in [2.75, 3.05) is 7.11 Å². The highest BCUT2D eigenvalue weighted by atomic mass is 16.7. The second-order valence-electron chi connectivity index (χ2n) is 5.47. The van der Waals surface area contributed by atoms with E-state index in [9.17, 15) is 4.79 Å². The Morgan fingerprint density at radius 1 is 1.35 bits per heavy atom. The fourth-order valence-corrected chi connectivity index (χ4v) is 2.60. The van der Waals surface area contributed by atoms with Gasteiger partial charge in [0.05, 0.1) is 7.11 Å². The fraction of sp³-hybridized carbons (Fsp3) is 0.562. The summed E-state index contributed by atoms with van der Waals surface area (Å²) in [6.45, 7) is 1.96. The van der Waals surface area contributed by atoms with Crippen LogP contribution >= 0.6 is 0 Å². The Balaban J connectivity index is 1.70. The molecule has 1 aromatic carbocycles. The summed E-state index contributed by atoms with van der Waals surface area (Å²) in [6.07, 6.45) is 3.67. The summed E-state index contributed by atoms with van der Waals surface area (Å²) in [5, 5.41) is 0. The van der Waals surface area contributed by atoms with Crippen molar-refractivity contribution in [1.82, 2.24) is 0 Å². The first-order chi connectivity index (χ1) is 9.69. The zero-order chi connectivity index (χ0) is 14.2. The number of epoxide rings is 1. The lowest BCUT2D eigenvalue weighted by Crippen LogP contribution is -2.34. The van der Waals surface area contributed by atoms with Crippen LogP contribution < -0.4 is 4.74 Å². The number of hydrogen-bond donors (Lipinski definition) is 0. The maximum atomic E-state index is 12.3. The van der Waals surface area contributed by atoms with Crippen LogP contribution in [0.3, 0.4) is 0 Å². The highest BCUT2D eigenvalue weighted by Gasteiger charge is 2.63. The van der Waals surface area contributed by atoms with Crippen LogP contribution in [0.15, 0.2) is 24.3 Å². The largest absolute Gasteiger partial charge is 0.497 e. The zero-order valence-electron chi connectivity index (χ0n) is 11.9. The van der Waals surface area contributed by atoms with Gasteiger partial charge in [-0.1, -0.05) is 19.1 Å². The average molecular weight is 276 g/mol. The second-order valence-corrected chi connectivity index (χ2v) is 5.47. The van der Waals surface area contributed by atoms with Gasteiger partial charge in [-0.15, -0.1) is 0 Å². The standard InChI is InChI=1S/C16H20O4/c1-3-16(15(17)19-13-5-4-6-13)14(20-16)11-7-9-12(18-2)10-8-11/h7-10,13-14H,3-6H2,1-2H3. The van der Waals surface area contributed by atoms with Crippen molar-refractivity contribution in [3.8, 4) is 5.75 Å². The minimum absolute atomic E-state index is 0.103. The number of esters is 1. The molecule has 1 saturated carbocycles. The van der Waals surface area contributed by atoms with Crippen LogP contribution in [0.1, 0.15) is 44.3 Å². The minimum atomic E-state index is -0.774. The molecule has 0 spiro atoms. The lowest BCUT2D eigenvalue weighted by atomic mass is 9.94. The summed E-state index contributed by atoms with van der Waals surface area (Å²) >= 11 is 0. The van der Waals surface area contributed by atoms with Crippen molar-refractivity contribution < 1.29 is 19.0 Å². The molecule has 2 atom stereocenters. The lowest BCUT2D eigenvalue weighted by Gasteiger charge is -2.26. The van der Waals surface area contributed by atoms with Gasteiger partial charge in [-0.2, -0.15) is 0 Å². The van der Waals surface area contributed by atoms with Gasteiger partial charge in [0.1, 0.15) is 18.0 Å². The van der Waals surface area contributed by atoms with E-state index in [0.717, 1.165) is 30.6 Å². The van der Waals surface area contributed by atoms with Crippen molar-refractivity contribution in [3.63, 3.8) is 0 Å². The van der Waals surface area contributed by atoms with Gasteiger partial charge in [-0.25, -0.2) is 4.79 Å². The Labute approximate surface area is 119 Å². The molecule has 0 radical (unpaired) electrons. The summed E-state index contributed by atoms with van der Waals surface area (Å²) in [7, 11) is 1.63. The van der Waals surface area contributed by atoms with Crippen LogP contribution in [0.25, 0.3) is 0 Å². The van der Waals surface area contributed by atoms with Gasteiger partial charge in [0.25, 0.3) is 0 Å². The van der Waals surface area contributed by atoms with E-state index in [0.29, 0.717) is 6.42 Å². The predicted molar refractivity (Wildman–Crippen MR) is 73.6 cm³/mol. The van der Waals surface area contributed by atoms with E-state index in [2.05, 4.69) is 0 Å². The van der Waals surface area contributed by atoms with Gasteiger partial charge < -0.3 is 14.2 Å². The van der Waals surface area contributed by atoms with E-state index >= 15 is 0 Å². The quantitative estimate of drug-likeness (QED) is 0.612. The molecule has 1 aliphatic carbocycles. The summed E-state index contributed by atoms with van der Waals surface area (Å²) < 4.78 is 16.4. The van der Waals surface area contributed by atoms with E-state index in [4.69, 9.17) is 14.2 Å². The molecular weight excluding hydrogens is 256 g/mol. The summed E-state index contributed by atoms with van der Waals surface area (Å²) in [4.78, 5) is 12.3. The molecule has 2 aliphatic rings. The molecule has 0 aromatic heterocycles. The van der Waals surface area contributed by atoms with E-state index in [1.165, 1.54) is 0 Å². The van der Waals surface area contributed by atoms with Crippen LogP contribution in [0.5, 0.6) is 5.75 Å². The molecule has 1 aromatic rings. The third kappa shape index (κ3) is 2.18. The van der Waals surface area contributed by atoms with Crippen LogP contribution in [0, 0.1) is 0 Å². The molecule has 0 N–H and O–H groups in total. The van der Waals surface area contributed by atoms with Crippen LogP contribution in [0.4, 0.5) is 0 Å². The van der Waals surface area contributed by atoms with Crippen molar-refractivity contribution in [2.45, 2.75) is 50.4 Å². The van der Waals surface area contributed by atoms with Crippen molar-refractivity contribution in [2.24, 2.45) is 0 Å². The number of hydrogen-bond acceptors (Lipinski definition) is 4. The van der Waals surface area contributed by atoms with Crippen LogP contribution in [-0.4, -0.2) is 24.8 Å². The average Bonchev–Trinajstić information content (AvgIpc) is 3.19. The first-order valence-corrected chi connectivity index (χ1v) is 7.22. The number of methoxy groups -OCH3 is 1. The summed E-state index contributed by atoms with van der Waals surface area (Å²) in [6, 6.07) is 7.65. The maximum absolute atomic E-state index is 12.3. The molecule has 0 amide bonds. The second kappa shape index (κ2) is 5.09. The topological polar surface area (TPSA) is 48.1 Å². The van der Waals surface area contributed by atoms with Gasteiger partial charge in [-0.3, -0.25) is 0 Å². The first-order valence-electron chi connectivity index (χ1n) is 7.22. The maximum Gasteiger partial charge on any atom is 0.341 e. The number of carbonyl (C=O) groups is 1. The number of carbonyl (C=O) groups excluding carboxylic acids is 1. The lowest BCUT2D eigenvalue weighted by molar-refractivity contribution is -0.159. The Morgan fingerprint density at radius 2 is 2.05 bits per heavy atom. The van der Waals surface area contributed by atoms with Crippen molar-refractivity contribution in [1.29, 1.82) is 0 Å². The third-order valence-electron chi connectivity index (χ3n) is 4.31. The van der Waals surface area contributed by atoms with Gasteiger partial charge >= 0.3 is 5.97 Å². The summed E-state index contributed by atoms with van der Waals surface area (Å²) in [5.74, 6) is 0.596. The monoisotopic (exact) mass is 276 g/mol. The normalized spacial score (nSPS) is 28.6. The minimum Gasteiger partial charge on any atom is -0.497 e. The highest BCUT2D eigenvalue weighted by molar-refractivity contribution is 5.84. The number of rotatable bonds is 5. The molecule has 4 heteroatoms. The van der Waals surface area contributed by atoms with E-state index < -0.39 is 5.60 Å². The molecule has 2 fully saturated rings. The third-order valence-corrected chi connectivity index (χ3v) is 4.31. The smallest absolute Gasteiger partial charge is 0.341 e. The SMILES string of the molecule is CCC1(C(=O)OC2CCC2)OC1c1ccc(OC)cc1. The molecule has 20 heavy (non-hydrogen) atoms. The Bertz CT molecular complexity index is 492.